The number of nitrogens with one attached hydrogen (secondary N) is 1. The summed E-state index contributed by atoms with van der Waals surface area (Å²) in [7, 11) is 0. The Labute approximate surface area is 127 Å². The maximum atomic E-state index is 12.1. The number of rotatable bonds is 3. The molecule has 1 saturated carbocycles. The number of halogens is 1. The quantitative estimate of drug-likeness (QED) is 0.860. The molecule has 4 nitrogen and oxygen atoms in total. The molecule has 0 radical (unpaired) electrons. The van der Waals surface area contributed by atoms with Crippen LogP contribution in [0.2, 0.25) is 0 Å². The number of carbonyl (C=O) groups is 1. The van der Waals surface area contributed by atoms with Gasteiger partial charge in [-0.3, -0.25) is 4.79 Å². The lowest BCUT2D eigenvalue weighted by Crippen LogP contribution is -2.45. The fraction of sp³-hybridized carbons (Fsp3) is 0.533. The van der Waals surface area contributed by atoms with Crippen LogP contribution in [-0.4, -0.2) is 30.0 Å². The molecular formula is C15H18BrNO3. The van der Waals surface area contributed by atoms with Crippen molar-refractivity contribution < 1.29 is 14.3 Å². The molecule has 108 valence electrons. The summed E-state index contributed by atoms with van der Waals surface area (Å²) >= 11 is 3.62. The standard InChI is InChI=1S/C15H18BrNO3/c16-11-6-5-10(7-11)8-17-15(18)14-9-19-12-3-1-2-4-13(12)20-14/h1-4,10-11,14H,5-9H2,(H,17,18). The molecule has 2 aliphatic rings. The van der Waals surface area contributed by atoms with Crippen LogP contribution in [0.5, 0.6) is 11.5 Å². The van der Waals surface area contributed by atoms with Gasteiger partial charge >= 0.3 is 0 Å². The predicted molar refractivity (Wildman–Crippen MR) is 79.4 cm³/mol. The maximum absolute atomic E-state index is 12.1. The molecule has 5 heteroatoms. The number of para-hydroxylation sites is 2. The van der Waals surface area contributed by atoms with Gasteiger partial charge in [0.2, 0.25) is 6.10 Å². The number of fused-ring (bicyclic) bond motifs is 1. The summed E-state index contributed by atoms with van der Waals surface area (Å²) in [6, 6.07) is 7.43. The fourth-order valence-corrected chi connectivity index (χ4v) is 3.50. The summed E-state index contributed by atoms with van der Waals surface area (Å²) < 4.78 is 11.2. The van der Waals surface area contributed by atoms with E-state index >= 15 is 0 Å². The highest BCUT2D eigenvalue weighted by molar-refractivity contribution is 9.09. The first-order chi connectivity index (χ1) is 9.72. The summed E-state index contributed by atoms with van der Waals surface area (Å²) in [5.74, 6) is 1.83. The van der Waals surface area contributed by atoms with Crippen molar-refractivity contribution in [3.8, 4) is 11.5 Å². The van der Waals surface area contributed by atoms with Gasteiger partial charge in [-0.2, -0.15) is 0 Å². The van der Waals surface area contributed by atoms with Gasteiger partial charge < -0.3 is 14.8 Å². The first-order valence-corrected chi connectivity index (χ1v) is 7.94. The lowest BCUT2D eigenvalue weighted by atomic mass is 10.1. The van der Waals surface area contributed by atoms with E-state index in [1.807, 2.05) is 24.3 Å². The zero-order valence-corrected chi connectivity index (χ0v) is 12.8. The molecule has 0 bridgehead atoms. The second-order valence-electron chi connectivity index (χ2n) is 5.39. The van der Waals surface area contributed by atoms with Gasteiger partial charge in [0.15, 0.2) is 11.5 Å². The van der Waals surface area contributed by atoms with Crippen LogP contribution in [0.4, 0.5) is 0 Å². The zero-order valence-electron chi connectivity index (χ0n) is 11.2. The van der Waals surface area contributed by atoms with Crippen LogP contribution in [0.3, 0.4) is 0 Å². The normalized spacial score (nSPS) is 28.1. The molecule has 1 fully saturated rings. The van der Waals surface area contributed by atoms with E-state index in [0.29, 0.717) is 22.2 Å². The average molecular weight is 340 g/mol. The van der Waals surface area contributed by atoms with Crippen LogP contribution in [0.25, 0.3) is 0 Å². The van der Waals surface area contributed by atoms with E-state index in [-0.39, 0.29) is 12.5 Å². The highest BCUT2D eigenvalue weighted by Crippen LogP contribution is 2.31. The monoisotopic (exact) mass is 339 g/mol. The van der Waals surface area contributed by atoms with Gasteiger partial charge in [0.05, 0.1) is 0 Å². The van der Waals surface area contributed by atoms with Crippen LogP contribution >= 0.6 is 15.9 Å². The Hall–Kier alpha value is -1.23. The van der Waals surface area contributed by atoms with Crippen LogP contribution < -0.4 is 14.8 Å². The lowest BCUT2D eigenvalue weighted by Gasteiger charge is -2.26. The maximum Gasteiger partial charge on any atom is 0.264 e. The van der Waals surface area contributed by atoms with Crippen LogP contribution in [0.15, 0.2) is 24.3 Å². The van der Waals surface area contributed by atoms with Crippen molar-refractivity contribution >= 4 is 21.8 Å². The third kappa shape index (κ3) is 3.08. The van der Waals surface area contributed by atoms with Gasteiger partial charge in [0.25, 0.3) is 5.91 Å². The number of alkyl halides is 1. The molecule has 1 N–H and O–H groups in total. The summed E-state index contributed by atoms with van der Waals surface area (Å²) in [6.45, 7) is 0.997. The van der Waals surface area contributed by atoms with E-state index in [4.69, 9.17) is 9.47 Å². The van der Waals surface area contributed by atoms with Gasteiger partial charge in [-0.1, -0.05) is 28.1 Å². The van der Waals surface area contributed by atoms with Gasteiger partial charge in [-0.15, -0.1) is 0 Å². The van der Waals surface area contributed by atoms with Crippen molar-refractivity contribution in [3.63, 3.8) is 0 Å². The second-order valence-corrected chi connectivity index (χ2v) is 6.68. The van der Waals surface area contributed by atoms with Gasteiger partial charge in [-0.25, -0.2) is 0 Å². The molecule has 3 rings (SSSR count). The van der Waals surface area contributed by atoms with Crippen LogP contribution in [-0.2, 0) is 4.79 Å². The Bertz CT molecular complexity index is 494. The Morgan fingerprint density at radius 2 is 2.10 bits per heavy atom. The highest BCUT2D eigenvalue weighted by Gasteiger charge is 2.28. The zero-order chi connectivity index (χ0) is 13.9. The van der Waals surface area contributed by atoms with Crippen molar-refractivity contribution in [2.75, 3.05) is 13.2 Å². The summed E-state index contributed by atoms with van der Waals surface area (Å²) in [5.41, 5.74) is 0. The minimum absolute atomic E-state index is 0.0856. The predicted octanol–water partition coefficient (Wildman–Crippen LogP) is 2.51. The highest BCUT2D eigenvalue weighted by atomic mass is 79.9. The average Bonchev–Trinajstić information content (AvgIpc) is 2.90. The number of benzene rings is 1. The number of hydrogen-bond acceptors (Lipinski definition) is 3. The van der Waals surface area contributed by atoms with E-state index in [2.05, 4.69) is 21.2 Å². The summed E-state index contributed by atoms with van der Waals surface area (Å²) in [4.78, 5) is 12.7. The first kappa shape index (κ1) is 13.7. The molecule has 0 aromatic heterocycles. The van der Waals surface area contributed by atoms with E-state index < -0.39 is 6.10 Å². The molecule has 1 aliphatic carbocycles. The molecule has 1 aliphatic heterocycles. The van der Waals surface area contributed by atoms with Gasteiger partial charge in [-0.05, 0) is 37.3 Å². The Balaban J connectivity index is 1.51. The molecule has 0 spiro atoms. The molecule has 1 amide bonds. The van der Waals surface area contributed by atoms with Crippen molar-refractivity contribution in [1.82, 2.24) is 5.32 Å². The van der Waals surface area contributed by atoms with E-state index in [0.717, 1.165) is 13.0 Å². The van der Waals surface area contributed by atoms with Crippen molar-refractivity contribution in [2.24, 2.45) is 5.92 Å². The van der Waals surface area contributed by atoms with E-state index in [9.17, 15) is 4.79 Å². The number of amides is 1. The fourth-order valence-electron chi connectivity index (χ4n) is 2.71. The van der Waals surface area contributed by atoms with Crippen molar-refractivity contribution in [1.29, 1.82) is 0 Å². The largest absolute Gasteiger partial charge is 0.485 e. The molecule has 3 unspecified atom stereocenters. The Kier molecular flexibility index (Phi) is 4.15. The Morgan fingerprint density at radius 3 is 2.85 bits per heavy atom. The topological polar surface area (TPSA) is 47.6 Å². The van der Waals surface area contributed by atoms with Crippen molar-refractivity contribution in [2.45, 2.75) is 30.2 Å². The van der Waals surface area contributed by atoms with Gasteiger partial charge in [0.1, 0.15) is 6.61 Å². The molecule has 3 atom stereocenters. The number of hydrogen-bond donors (Lipinski definition) is 1. The van der Waals surface area contributed by atoms with E-state index in [1.54, 1.807) is 0 Å². The third-order valence-electron chi connectivity index (χ3n) is 3.84. The molecule has 20 heavy (non-hydrogen) atoms. The third-order valence-corrected chi connectivity index (χ3v) is 4.67. The van der Waals surface area contributed by atoms with E-state index in [1.165, 1.54) is 12.8 Å². The molecule has 1 aromatic carbocycles. The van der Waals surface area contributed by atoms with Crippen LogP contribution in [0, 0.1) is 5.92 Å². The molecule has 1 heterocycles. The smallest absolute Gasteiger partial charge is 0.264 e. The van der Waals surface area contributed by atoms with Gasteiger partial charge in [0, 0.05) is 11.4 Å². The van der Waals surface area contributed by atoms with Crippen LogP contribution in [0.1, 0.15) is 19.3 Å². The minimum Gasteiger partial charge on any atom is -0.485 e. The number of carbonyl (C=O) groups excluding carboxylic acids is 1. The summed E-state index contributed by atoms with van der Waals surface area (Å²) in [5, 5.41) is 2.98. The SMILES string of the molecule is O=C(NCC1CCC(Br)C1)C1COc2ccccc2O1. The molecule has 1 aromatic rings. The number of ether oxygens (including phenoxy) is 2. The second kappa shape index (κ2) is 6.04. The molecule has 0 saturated heterocycles. The minimum atomic E-state index is -0.550. The van der Waals surface area contributed by atoms with Crippen molar-refractivity contribution in [3.05, 3.63) is 24.3 Å². The lowest BCUT2D eigenvalue weighted by molar-refractivity contribution is -0.130. The Morgan fingerprint density at radius 1 is 1.30 bits per heavy atom. The first-order valence-electron chi connectivity index (χ1n) is 7.02. The molecular weight excluding hydrogens is 322 g/mol. The summed E-state index contributed by atoms with van der Waals surface area (Å²) in [6.07, 6.45) is 2.94.